The van der Waals surface area contributed by atoms with E-state index in [0.717, 1.165) is 10.9 Å². The van der Waals surface area contributed by atoms with E-state index in [9.17, 15) is 9.90 Å². The molecular formula is C12H13NO2. The van der Waals surface area contributed by atoms with Gasteiger partial charge in [-0.05, 0) is 12.1 Å². The Labute approximate surface area is 87.9 Å². The van der Waals surface area contributed by atoms with Gasteiger partial charge in [-0.2, -0.15) is 0 Å². The minimum absolute atomic E-state index is 0.0359. The fourth-order valence-electron chi connectivity index (χ4n) is 1.86. The van der Waals surface area contributed by atoms with E-state index < -0.39 is 0 Å². The van der Waals surface area contributed by atoms with Crippen LogP contribution in [0.15, 0.2) is 24.3 Å². The van der Waals surface area contributed by atoms with E-state index in [2.05, 4.69) is 0 Å². The maximum absolute atomic E-state index is 11.6. The molecule has 0 aliphatic heterocycles. The van der Waals surface area contributed by atoms with Crippen LogP contribution in [0.1, 0.15) is 23.8 Å². The first-order valence-corrected chi connectivity index (χ1v) is 4.96. The van der Waals surface area contributed by atoms with Crippen molar-refractivity contribution in [3.63, 3.8) is 0 Å². The van der Waals surface area contributed by atoms with Crippen LogP contribution in [-0.2, 0) is 7.05 Å². The summed E-state index contributed by atoms with van der Waals surface area (Å²) in [5.74, 6) is 0.0613. The minimum atomic E-state index is -0.0359. The molecule has 0 atom stereocenters. The molecule has 0 amide bonds. The van der Waals surface area contributed by atoms with Crippen molar-refractivity contribution in [2.45, 2.75) is 13.3 Å². The Kier molecular flexibility index (Phi) is 2.23. The lowest BCUT2D eigenvalue weighted by Crippen LogP contribution is -2.04. The maximum Gasteiger partial charge on any atom is 0.182 e. The van der Waals surface area contributed by atoms with E-state index in [0.29, 0.717) is 12.1 Å². The molecule has 0 aliphatic carbocycles. The number of hydrogen-bond acceptors (Lipinski definition) is 2. The van der Waals surface area contributed by atoms with Gasteiger partial charge in [0.25, 0.3) is 0 Å². The number of Topliss-reactive ketones (excluding diaryl/α,β-unsaturated/α-hetero) is 1. The predicted molar refractivity (Wildman–Crippen MR) is 59.2 cm³/mol. The maximum atomic E-state index is 11.6. The van der Waals surface area contributed by atoms with Crippen molar-refractivity contribution in [2.24, 2.45) is 7.05 Å². The number of aromatic nitrogens is 1. The summed E-state index contributed by atoms with van der Waals surface area (Å²) in [7, 11) is 1.80. The van der Waals surface area contributed by atoms with E-state index in [1.54, 1.807) is 18.5 Å². The molecule has 78 valence electrons. The van der Waals surface area contributed by atoms with Gasteiger partial charge in [-0.1, -0.05) is 19.1 Å². The summed E-state index contributed by atoms with van der Waals surface area (Å²) in [5.41, 5.74) is 1.28. The Hall–Kier alpha value is -1.77. The first-order chi connectivity index (χ1) is 7.16. The second kappa shape index (κ2) is 3.42. The zero-order valence-electron chi connectivity index (χ0n) is 8.82. The van der Waals surface area contributed by atoms with Gasteiger partial charge in [-0.25, -0.2) is 0 Å². The minimum Gasteiger partial charge on any atom is -0.505 e. The average Bonchev–Trinajstić information content (AvgIpc) is 2.52. The topological polar surface area (TPSA) is 42.2 Å². The number of aryl methyl sites for hydroxylation is 1. The van der Waals surface area contributed by atoms with E-state index in [-0.39, 0.29) is 11.5 Å². The lowest BCUT2D eigenvalue weighted by atomic mass is 10.2. The van der Waals surface area contributed by atoms with E-state index in [1.165, 1.54) is 0 Å². The quantitative estimate of drug-likeness (QED) is 0.762. The molecule has 0 bridgehead atoms. The molecule has 0 radical (unpaired) electrons. The van der Waals surface area contributed by atoms with Crippen LogP contribution >= 0.6 is 0 Å². The molecule has 0 spiro atoms. The van der Waals surface area contributed by atoms with Crippen molar-refractivity contribution in [2.75, 3.05) is 0 Å². The molecule has 0 saturated heterocycles. The number of benzene rings is 1. The second-order valence-electron chi connectivity index (χ2n) is 3.55. The highest BCUT2D eigenvalue weighted by molar-refractivity contribution is 6.04. The van der Waals surface area contributed by atoms with E-state index in [1.807, 2.05) is 24.3 Å². The van der Waals surface area contributed by atoms with E-state index in [4.69, 9.17) is 0 Å². The molecule has 3 heteroatoms. The molecule has 15 heavy (non-hydrogen) atoms. The number of nitrogens with zero attached hydrogens (tertiary/aromatic N) is 1. The summed E-state index contributed by atoms with van der Waals surface area (Å²) in [6.45, 7) is 1.79. The SMILES string of the molecule is CCC(=O)c1c(O)c2ccccc2n1C. The van der Waals surface area contributed by atoms with Crippen LogP contribution in [0.4, 0.5) is 0 Å². The highest BCUT2D eigenvalue weighted by atomic mass is 16.3. The van der Waals surface area contributed by atoms with Gasteiger partial charge in [-0.3, -0.25) is 4.79 Å². The van der Waals surface area contributed by atoms with Crippen LogP contribution in [0.25, 0.3) is 10.9 Å². The molecule has 2 rings (SSSR count). The molecule has 3 nitrogen and oxygen atoms in total. The number of rotatable bonds is 2. The number of carbonyl (C=O) groups is 1. The first-order valence-electron chi connectivity index (χ1n) is 4.96. The lowest BCUT2D eigenvalue weighted by molar-refractivity contribution is 0.0978. The zero-order valence-corrected chi connectivity index (χ0v) is 8.82. The van der Waals surface area contributed by atoms with Gasteiger partial charge >= 0.3 is 0 Å². The van der Waals surface area contributed by atoms with Crippen LogP contribution < -0.4 is 0 Å². The highest BCUT2D eigenvalue weighted by Gasteiger charge is 2.18. The largest absolute Gasteiger partial charge is 0.505 e. The van der Waals surface area contributed by atoms with Crippen molar-refractivity contribution in [1.29, 1.82) is 0 Å². The monoisotopic (exact) mass is 203 g/mol. The Morgan fingerprint density at radius 3 is 2.67 bits per heavy atom. The van der Waals surface area contributed by atoms with Crippen LogP contribution in [0.3, 0.4) is 0 Å². The number of fused-ring (bicyclic) bond motifs is 1. The Balaban J connectivity index is 2.81. The molecule has 0 fully saturated rings. The number of para-hydroxylation sites is 1. The Bertz CT molecular complexity index is 487. The van der Waals surface area contributed by atoms with Crippen LogP contribution in [0, 0.1) is 0 Å². The van der Waals surface area contributed by atoms with Gasteiger partial charge in [0.2, 0.25) is 0 Å². The summed E-state index contributed by atoms with van der Waals surface area (Å²) in [6.07, 6.45) is 0.401. The molecule has 0 unspecified atom stereocenters. The van der Waals surface area contributed by atoms with Crippen molar-refractivity contribution in [3.05, 3.63) is 30.0 Å². The lowest BCUT2D eigenvalue weighted by Gasteiger charge is -2.01. The third-order valence-electron chi connectivity index (χ3n) is 2.67. The van der Waals surface area contributed by atoms with Crippen LogP contribution in [-0.4, -0.2) is 15.5 Å². The Morgan fingerprint density at radius 1 is 1.40 bits per heavy atom. The second-order valence-corrected chi connectivity index (χ2v) is 3.55. The van der Waals surface area contributed by atoms with Crippen molar-refractivity contribution in [3.8, 4) is 5.75 Å². The van der Waals surface area contributed by atoms with Crippen molar-refractivity contribution >= 4 is 16.7 Å². The molecule has 1 aromatic carbocycles. The van der Waals surface area contributed by atoms with Crippen molar-refractivity contribution in [1.82, 2.24) is 4.57 Å². The highest BCUT2D eigenvalue weighted by Crippen LogP contribution is 2.31. The van der Waals surface area contributed by atoms with Gasteiger partial charge in [0.05, 0.1) is 5.52 Å². The third-order valence-corrected chi connectivity index (χ3v) is 2.67. The standard InChI is InChI=1S/C12H13NO2/c1-3-10(14)11-12(15)8-6-4-5-7-9(8)13(11)2/h4-7,15H,3H2,1-2H3. The smallest absolute Gasteiger partial charge is 0.182 e. The van der Waals surface area contributed by atoms with Gasteiger partial charge in [0, 0.05) is 18.9 Å². The fourth-order valence-corrected chi connectivity index (χ4v) is 1.86. The van der Waals surface area contributed by atoms with Gasteiger partial charge in [-0.15, -0.1) is 0 Å². The summed E-state index contributed by atoms with van der Waals surface area (Å²) in [4.78, 5) is 11.6. The van der Waals surface area contributed by atoms with Gasteiger partial charge < -0.3 is 9.67 Å². The molecule has 1 N–H and O–H groups in total. The summed E-state index contributed by atoms with van der Waals surface area (Å²) >= 11 is 0. The third kappa shape index (κ3) is 1.31. The van der Waals surface area contributed by atoms with Crippen LogP contribution in [0.5, 0.6) is 5.75 Å². The zero-order chi connectivity index (χ0) is 11.0. The first kappa shape index (κ1) is 9.77. The number of ketones is 1. The average molecular weight is 203 g/mol. The fraction of sp³-hybridized carbons (Fsp3) is 0.250. The Morgan fingerprint density at radius 2 is 2.07 bits per heavy atom. The molecule has 2 aromatic rings. The van der Waals surface area contributed by atoms with Crippen molar-refractivity contribution < 1.29 is 9.90 Å². The molecule has 1 aromatic heterocycles. The number of hydrogen-bond donors (Lipinski definition) is 1. The summed E-state index contributed by atoms with van der Waals surface area (Å²) in [5, 5.41) is 10.7. The summed E-state index contributed by atoms with van der Waals surface area (Å²) < 4.78 is 1.75. The van der Waals surface area contributed by atoms with Crippen LogP contribution in [0.2, 0.25) is 0 Å². The predicted octanol–water partition coefficient (Wildman–Crippen LogP) is 2.48. The molecule has 0 aliphatic rings. The summed E-state index contributed by atoms with van der Waals surface area (Å²) in [6, 6.07) is 7.45. The van der Waals surface area contributed by atoms with Gasteiger partial charge in [0.15, 0.2) is 11.5 Å². The molecular weight excluding hydrogens is 190 g/mol. The normalized spacial score (nSPS) is 10.8. The van der Waals surface area contributed by atoms with E-state index >= 15 is 0 Å². The number of carbonyl (C=O) groups excluding carboxylic acids is 1. The molecule has 1 heterocycles. The number of aromatic hydroxyl groups is 1. The molecule has 0 saturated carbocycles. The van der Waals surface area contributed by atoms with Gasteiger partial charge in [0.1, 0.15) is 5.69 Å².